The van der Waals surface area contributed by atoms with Crippen molar-refractivity contribution in [2.24, 2.45) is 5.73 Å². The molecule has 0 fully saturated rings. The number of carbonyl (C=O) groups is 1. The molecule has 1 aromatic rings. The molecule has 0 spiro atoms. The number of methoxy groups -OCH3 is 1. The molecular weight excluding hydrogens is 220 g/mol. The third-order valence-electron chi connectivity index (χ3n) is 1.96. The van der Waals surface area contributed by atoms with Gasteiger partial charge in [0.15, 0.2) is 0 Å². The van der Waals surface area contributed by atoms with Crippen molar-refractivity contribution in [1.82, 2.24) is 4.98 Å². The molecule has 1 unspecified atom stereocenters. The summed E-state index contributed by atoms with van der Waals surface area (Å²) in [5.41, 5.74) is 5.80. The highest BCUT2D eigenvalue weighted by molar-refractivity contribution is 6.29. The number of nitrogens with two attached hydrogens (primary N) is 1. The average molecular weight is 231 g/mol. The number of halogens is 1. The number of hydrogen-bond donors (Lipinski definition) is 2. The fourth-order valence-corrected chi connectivity index (χ4v) is 1.36. The molecule has 0 saturated heterocycles. The molecule has 1 atom stereocenters. The number of rotatable bonds is 4. The second-order valence-corrected chi connectivity index (χ2v) is 3.25. The van der Waals surface area contributed by atoms with E-state index in [2.05, 4.69) is 4.98 Å². The standard InChI is InChI=1S/C9H11ClN2O3/c1-15-8-5(2-3-7(10)12-8)6(4-11)9(13)14/h2-3,6H,4,11H2,1H3,(H,13,14). The lowest BCUT2D eigenvalue weighted by molar-refractivity contribution is -0.138. The molecule has 1 heterocycles. The highest BCUT2D eigenvalue weighted by Crippen LogP contribution is 2.26. The number of hydrogen-bond acceptors (Lipinski definition) is 4. The van der Waals surface area contributed by atoms with Gasteiger partial charge < -0.3 is 15.6 Å². The molecule has 15 heavy (non-hydrogen) atoms. The minimum absolute atomic E-state index is 0.0188. The lowest BCUT2D eigenvalue weighted by Gasteiger charge is -2.13. The topological polar surface area (TPSA) is 85.4 Å². The molecule has 1 aromatic heterocycles. The van der Waals surface area contributed by atoms with E-state index in [4.69, 9.17) is 27.2 Å². The molecule has 0 radical (unpaired) electrons. The summed E-state index contributed by atoms with van der Waals surface area (Å²) in [5.74, 6) is -1.65. The smallest absolute Gasteiger partial charge is 0.312 e. The van der Waals surface area contributed by atoms with Gasteiger partial charge in [-0.25, -0.2) is 4.98 Å². The van der Waals surface area contributed by atoms with Crippen LogP contribution in [0.2, 0.25) is 5.15 Å². The van der Waals surface area contributed by atoms with Crippen LogP contribution in [0.25, 0.3) is 0 Å². The van der Waals surface area contributed by atoms with E-state index in [1.165, 1.54) is 13.2 Å². The maximum absolute atomic E-state index is 10.9. The zero-order valence-electron chi connectivity index (χ0n) is 8.11. The van der Waals surface area contributed by atoms with Crippen LogP contribution in [-0.4, -0.2) is 29.7 Å². The number of carboxylic acid groups (broad SMARTS) is 1. The van der Waals surface area contributed by atoms with Gasteiger partial charge in [0.2, 0.25) is 5.88 Å². The Morgan fingerprint density at radius 3 is 2.87 bits per heavy atom. The molecule has 0 bridgehead atoms. The lowest BCUT2D eigenvalue weighted by atomic mass is 10.0. The summed E-state index contributed by atoms with van der Waals surface area (Å²) >= 11 is 5.65. The van der Waals surface area contributed by atoms with Crippen LogP contribution in [0.15, 0.2) is 12.1 Å². The quantitative estimate of drug-likeness (QED) is 0.750. The summed E-state index contributed by atoms with van der Waals surface area (Å²) in [7, 11) is 1.40. The maximum atomic E-state index is 10.9. The summed E-state index contributed by atoms with van der Waals surface area (Å²) in [6.45, 7) is -0.0188. The van der Waals surface area contributed by atoms with E-state index in [9.17, 15) is 4.79 Å². The van der Waals surface area contributed by atoms with Crippen LogP contribution in [0.3, 0.4) is 0 Å². The van der Waals surface area contributed by atoms with Crippen LogP contribution in [0.4, 0.5) is 0 Å². The van der Waals surface area contributed by atoms with Crippen LogP contribution >= 0.6 is 11.6 Å². The molecule has 0 aliphatic heterocycles. The average Bonchev–Trinajstić information content (AvgIpc) is 2.20. The summed E-state index contributed by atoms with van der Waals surface area (Å²) in [6, 6.07) is 3.06. The fourth-order valence-electron chi connectivity index (χ4n) is 1.22. The van der Waals surface area contributed by atoms with Crippen molar-refractivity contribution < 1.29 is 14.6 Å². The van der Waals surface area contributed by atoms with Gasteiger partial charge in [-0.1, -0.05) is 11.6 Å². The number of pyridine rings is 1. The Labute approximate surface area is 91.8 Å². The normalized spacial score (nSPS) is 12.2. The first-order valence-electron chi connectivity index (χ1n) is 4.23. The first-order chi connectivity index (χ1) is 7.10. The molecule has 82 valence electrons. The molecule has 0 saturated carbocycles. The predicted octanol–water partition coefficient (Wildman–Crippen LogP) is 0.871. The Kier molecular flexibility index (Phi) is 3.88. The Morgan fingerprint density at radius 1 is 1.73 bits per heavy atom. The van der Waals surface area contributed by atoms with Crippen molar-refractivity contribution in [3.63, 3.8) is 0 Å². The van der Waals surface area contributed by atoms with Gasteiger partial charge in [-0.2, -0.15) is 0 Å². The highest BCUT2D eigenvalue weighted by atomic mass is 35.5. The van der Waals surface area contributed by atoms with E-state index in [0.717, 1.165) is 0 Å². The van der Waals surface area contributed by atoms with Crippen LogP contribution in [0.1, 0.15) is 11.5 Å². The highest BCUT2D eigenvalue weighted by Gasteiger charge is 2.22. The van der Waals surface area contributed by atoms with Crippen LogP contribution in [0, 0.1) is 0 Å². The summed E-state index contributed by atoms with van der Waals surface area (Å²) in [5, 5.41) is 9.17. The Hall–Kier alpha value is -1.33. The Morgan fingerprint density at radius 2 is 2.40 bits per heavy atom. The van der Waals surface area contributed by atoms with Gasteiger partial charge in [0.05, 0.1) is 13.0 Å². The van der Waals surface area contributed by atoms with E-state index in [1.54, 1.807) is 6.07 Å². The monoisotopic (exact) mass is 230 g/mol. The van der Waals surface area contributed by atoms with Gasteiger partial charge >= 0.3 is 5.97 Å². The Bertz CT molecular complexity index is 370. The number of aliphatic carboxylic acids is 1. The van der Waals surface area contributed by atoms with Gasteiger partial charge in [0.25, 0.3) is 0 Å². The van der Waals surface area contributed by atoms with Gasteiger partial charge in [-0.3, -0.25) is 4.79 Å². The third-order valence-corrected chi connectivity index (χ3v) is 2.17. The van der Waals surface area contributed by atoms with Crippen LogP contribution < -0.4 is 10.5 Å². The minimum Gasteiger partial charge on any atom is -0.481 e. The van der Waals surface area contributed by atoms with Crippen molar-refractivity contribution in [1.29, 1.82) is 0 Å². The fraction of sp³-hybridized carbons (Fsp3) is 0.333. The van der Waals surface area contributed by atoms with E-state index in [0.29, 0.717) is 5.56 Å². The molecule has 0 aliphatic rings. The van der Waals surface area contributed by atoms with Gasteiger partial charge in [0, 0.05) is 12.1 Å². The third kappa shape index (κ3) is 2.57. The molecule has 3 N–H and O–H groups in total. The molecule has 5 nitrogen and oxygen atoms in total. The van der Waals surface area contributed by atoms with Crippen molar-refractivity contribution in [2.45, 2.75) is 5.92 Å². The lowest BCUT2D eigenvalue weighted by Crippen LogP contribution is -2.22. The summed E-state index contributed by atoms with van der Waals surface area (Å²) in [4.78, 5) is 14.8. The van der Waals surface area contributed by atoms with Crippen molar-refractivity contribution in [3.05, 3.63) is 22.8 Å². The first kappa shape index (κ1) is 11.7. The van der Waals surface area contributed by atoms with E-state index in [1.807, 2.05) is 0 Å². The van der Waals surface area contributed by atoms with Crippen molar-refractivity contribution in [3.8, 4) is 5.88 Å². The molecule has 1 rings (SSSR count). The van der Waals surface area contributed by atoms with Crippen molar-refractivity contribution >= 4 is 17.6 Å². The second kappa shape index (κ2) is 4.95. The van der Waals surface area contributed by atoms with E-state index >= 15 is 0 Å². The maximum Gasteiger partial charge on any atom is 0.312 e. The van der Waals surface area contributed by atoms with Crippen LogP contribution in [-0.2, 0) is 4.79 Å². The second-order valence-electron chi connectivity index (χ2n) is 2.86. The zero-order valence-corrected chi connectivity index (χ0v) is 8.86. The van der Waals surface area contributed by atoms with Crippen molar-refractivity contribution in [2.75, 3.05) is 13.7 Å². The number of ether oxygens (including phenoxy) is 1. The SMILES string of the molecule is COc1nc(Cl)ccc1C(CN)C(=O)O. The van der Waals surface area contributed by atoms with Crippen LogP contribution in [0.5, 0.6) is 5.88 Å². The van der Waals surface area contributed by atoms with Gasteiger partial charge in [0.1, 0.15) is 5.15 Å². The molecular formula is C9H11ClN2O3. The van der Waals surface area contributed by atoms with E-state index < -0.39 is 11.9 Å². The Balaban J connectivity index is 3.16. The summed E-state index contributed by atoms with van der Waals surface area (Å²) < 4.78 is 4.94. The number of carboxylic acids is 1. The molecule has 6 heteroatoms. The molecule has 0 aliphatic carbocycles. The molecule has 0 amide bonds. The largest absolute Gasteiger partial charge is 0.481 e. The number of aromatic nitrogens is 1. The zero-order chi connectivity index (χ0) is 11.4. The van der Waals surface area contributed by atoms with Gasteiger partial charge in [-0.05, 0) is 12.1 Å². The first-order valence-corrected chi connectivity index (χ1v) is 4.61. The summed E-state index contributed by atoms with van der Waals surface area (Å²) in [6.07, 6.45) is 0. The van der Waals surface area contributed by atoms with E-state index in [-0.39, 0.29) is 17.6 Å². The minimum atomic E-state index is -1.01. The van der Waals surface area contributed by atoms with Gasteiger partial charge in [-0.15, -0.1) is 0 Å². The molecule has 0 aromatic carbocycles. The number of nitrogens with zero attached hydrogens (tertiary/aromatic N) is 1. The predicted molar refractivity (Wildman–Crippen MR) is 55.2 cm³/mol.